The summed E-state index contributed by atoms with van der Waals surface area (Å²) in [6, 6.07) is 0. The SMILES string of the molecule is C=CCSCC(=O)NC(C)(C)CC(C)(C)C. The molecule has 1 amide bonds. The van der Waals surface area contributed by atoms with Gasteiger partial charge in [-0.1, -0.05) is 26.8 Å². The Kier molecular flexibility index (Phi) is 6.16. The molecule has 0 saturated carbocycles. The van der Waals surface area contributed by atoms with Crippen molar-refractivity contribution in [1.82, 2.24) is 5.32 Å². The number of carbonyl (C=O) groups excluding carboxylic acids is 1. The zero-order valence-corrected chi connectivity index (χ0v) is 12.0. The fourth-order valence-corrected chi connectivity index (χ4v) is 2.56. The maximum atomic E-state index is 11.7. The van der Waals surface area contributed by atoms with E-state index in [1.165, 1.54) is 0 Å². The summed E-state index contributed by atoms with van der Waals surface area (Å²) in [5.74, 6) is 1.45. The lowest BCUT2D eigenvalue weighted by molar-refractivity contribution is -0.120. The van der Waals surface area contributed by atoms with Crippen molar-refractivity contribution >= 4 is 17.7 Å². The second-order valence-corrected chi connectivity index (χ2v) is 7.00. The molecule has 0 rings (SSSR count). The van der Waals surface area contributed by atoms with E-state index in [-0.39, 0.29) is 16.9 Å². The lowest BCUT2D eigenvalue weighted by Gasteiger charge is -2.33. The average molecular weight is 243 g/mol. The van der Waals surface area contributed by atoms with Gasteiger partial charge in [-0.25, -0.2) is 0 Å². The molecule has 0 aliphatic rings. The predicted molar refractivity (Wildman–Crippen MR) is 73.8 cm³/mol. The van der Waals surface area contributed by atoms with Gasteiger partial charge in [0.2, 0.25) is 5.91 Å². The average Bonchev–Trinajstić information content (AvgIpc) is 1.98. The van der Waals surface area contributed by atoms with Crippen molar-refractivity contribution in [3.63, 3.8) is 0 Å². The van der Waals surface area contributed by atoms with Gasteiger partial charge in [-0.05, 0) is 25.7 Å². The van der Waals surface area contributed by atoms with Gasteiger partial charge < -0.3 is 5.32 Å². The van der Waals surface area contributed by atoms with Gasteiger partial charge in [0.05, 0.1) is 5.75 Å². The van der Waals surface area contributed by atoms with Crippen molar-refractivity contribution in [3.8, 4) is 0 Å². The van der Waals surface area contributed by atoms with E-state index in [2.05, 4.69) is 46.5 Å². The zero-order chi connectivity index (χ0) is 12.8. The highest BCUT2D eigenvalue weighted by Crippen LogP contribution is 2.26. The first-order chi connectivity index (χ1) is 7.16. The summed E-state index contributed by atoms with van der Waals surface area (Å²) in [6.07, 6.45) is 2.79. The first kappa shape index (κ1) is 15.6. The molecule has 1 N–H and O–H groups in total. The predicted octanol–water partition coefficient (Wildman–Crippen LogP) is 3.24. The normalized spacial score (nSPS) is 12.3. The van der Waals surface area contributed by atoms with E-state index in [9.17, 15) is 4.79 Å². The molecular weight excluding hydrogens is 218 g/mol. The van der Waals surface area contributed by atoms with E-state index in [0.717, 1.165) is 12.2 Å². The molecule has 0 atom stereocenters. The van der Waals surface area contributed by atoms with Crippen LogP contribution >= 0.6 is 11.8 Å². The molecule has 0 aliphatic heterocycles. The van der Waals surface area contributed by atoms with Crippen LogP contribution in [-0.4, -0.2) is 23.0 Å². The maximum absolute atomic E-state index is 11.7. The van der Waals surface area contributed by atoms with Gasteiger partial charge in [-0.15, -0.1) is 18.3 Å². The topological polar surface area (TPSA) is 29.1 Å². The molecule has 0 aromatic carbocycles. The van der Waals surface area contributed by atoms with Crippen LogP contribution in [0.25, 0.3) is 0 Å². The molecule has 0 spiro atoms. The van der Waals surface area contributed by atoms with Crippen LogP contribution in [0, 0.1) is 5.41 Å². The Morgan fingerprint density at radius 3 is 2.31 bits per heavy atom. The number of amides is 1. The van der Waals surface area contributed by atoms with Crippen molar-refractivity contribution in [3.05, 3.63) is 12.7 Å². The van der Waals surface area contributed by atoms with Crippen LogP contribution in [0.1, 0.15) is 41.0 Å². The molecule has 0 aromatic heterocycles. The van der Waals surface area contributed by atoms with Crippen LogP contribution in [0.2, 0.25) is 0 Å². The summed E-state index contributed by atoms with van der Waals surface area (Å²) >= 11 is 1.59. The fourth-order valence-electron chi connectivity index (χ4n) is 2.02. The van der Waals surface area contributed by atoms with E-state index >= 15 is 0 Å². The number of carbonyl (C=O) groups is 1. The summed E-state index contributed by atoms with van der Waals surface area (Å²) in [5, 5.41) is 3.08. The van der Waals surface area contributed by atoms with Crippen LogP contribution in [-0.2, 0) is 4.79 Å². The van der Waals surface area contributed by atoms with Crippen LogP contribution in [0.4, 0.5) is 0 Å². The highest BCUT2D eigenvalue weighted by Gasteiger charge is 2.26. The lowest BCUT2D eigenvalue weighted by Crippen LogP contribution is -2.46. The molecule has 0 fully saturated rings. The van der Waals surface area contributed by atoms with E-state index in [0.29, 0.717) is 5.75 Å². The Morgan fingerprint density at radius 1 is 1.31 bits per heavy atom. The van der Waals surface area contributed by atoms with E-state index < -0.39 is 0 Å². The first-order valence-corrected chi connectivity index (χ1v) is 6.81. The Bertz CT molecular complexity index is 241. The molecule has 0 heterocycles. The van der Waals surface area contributed by atoms with Gasteiger partial charge in [0, 0.05) is 11.3 Å². The summed E-state index contributed by atoms with van der Waals surface area (Å²) in [4.78, 5) is 11.7. The number of nitrogens with one attached hydrogen (secondary N) is 1. The third-order valence-electron chi connectivity index (χ3n) is 1.92. The minimum atomic E-state index is -0.135. The molecule has 16 heavy (non-hydrogen) atoms. The zero-order valence-electron chi connectivity index (χ0n) is 11.2. The Balaban J connectivity index is 4.05. The standard InChI is InChI=1S/C13H25NOS/c1-7-8-16-9-11(15)14-13(5,6)10-12(2,3)4/h7H,1,8-10H2,2-6H3,(H,14,15). The van der Waals surface area contributed by atoms with E-state index in [1.807, 2.05) is 6.08 Å². The molecule has 94 valence electrons. The summed E-state index contributed by atoms with van der Waals surface area (Å²) in [5.41, 5.74) is 0.0924. The van der Waals surface area contributed by atoms with Crippen LogP contribution in [0.15, 0.2) is 12.7 Å². The molecule has 0 unspecified atom stereocenters. The van der Waals surface area contributed by atoms with Crippen LogP contribution in [0.3, 0.4) is 0 Å². The van der Waals surface area contributed by atoms with Crippen molar-refractivity contribution < 1.29 is 4.79 Å². The number of hydrogen-bond donors (Lipinski definition) is 1. The van der Waals surface area contributed by atoms with Gasteiger partial charge >= 0.3 is 0 Å². The largest absolute Gasteiger partial charge is 0.350 e. The molecule has 0 bridgehead atoms. The highest BCUT2D eigenvalue weighted by atomic mass is 32.2. The molecule has 3 heteroatoms. The molecule has 0 aliphatic carbocycles. The van der Waals surface area contributed by atoms with Gasteiger partial charge in [-0.2, -0.15) is 0 Å². The monoisotopic (exact) mass is 243 g/mol. The van der Waals surface area contributed by atoms with Gasteiger partial charge in [0.25, 0.3) is 0 Å². The minimum Gasteiger partial charge on any atom is -0.350 e. The van der Waals surface area contributed by atoms with E-state index in [4.69, 9.17) is 0 Å². The summed E-state index contributed by atoms with van der Waals surface area (Å²) in [6.45, 7) is 14.3. The highest BCUT2D eigenvalue weighted by molar-refractivity contribution is 8.00. The molecule has 0 radical (unpaired) electrons. The van der Waals surface area contributed by atoms with Gasteiger partial charge in [-0.3, -0.25) is 4.79 Å². The maximum Gasteiger partial charge on any atom is 0.230 e. The molecule has 0 saturated heterocycles. The molecule has 0 aromatic rings. The van der Waals surface area contributed by atoms with Crippen LogP contribution < -0.4 is 5.32 Å². The van der Waals surface area contributed by atoms with E-state index in [1.54, 1.807) is 11.8 Å². The second-order valence-electron chi connectivity index (χ2n) is 5.97. The number of thioether (sulfide) groups is 1. The minimum absolute atomic E-state index is 0.112. The Labute approximate surface area is 104 Å². The summed E-state index contributed by atoms with van der Waals surface area (Å²) in [7, 11) is 0. The Morgan fingerprint density at radius 2 is 1.88 bits per heavy atom. The third-order valence-corrected chi connectivity index (χ3v) is 2.86. The first-order valence-electron chi connectivity index (χ1n) is 5.66. The third kappa shape index (κ3) is 8.84. The van der Waals surface area contributed by atoms with Gasteiger partial charge in [0.1, 0.15) is 0 Å². The molecule has 2 nitrogen and oxygen atoms in total. The van der Waals surface area contributed by atoms with Crippen LogP contribution in [0.5, 0.6) is 0 Å². The molecular formula is C13H25NOS. The second kappa shape index (κ2) is 6.33. The van der Waals surface area contributed by atoms with Crippen molar-refractivity contribution in [2.24, 2.45) is 5.41 Å². The fraction of sp³-hybridized carbons (Fsp3) is 0.769. The number of rotatable bonds is 6. The van der Waals surface area contributed by atoms with Crippen molar-refractivity contribution in [2.45, 2.75) is 46.6 Å². The van der Waals surface area contributed by atoms with Gasteiger partial charge in [0.15, 0.2) is 0 Å². The number of hydrogen-bond acceptors (Lipinski definition) is 2. The smallest absolute Gasteiger partial charge is 0.230 e. The Hall–Kier alpha value is -0.440. The quantitative estimate of drug-likeness (QED) is 0.573. The summed E-state index contributed by atoms with van der Waals surface area (Å²) < 4.78 is 0. The van der Waals surface area contributed by atoms with Crippen molar-refractivity contribution in [1.29, 1.82) is 0 Å². The lowest BCUT2D eigenvalue weighted by atomic mass is 9.82. The van der Waals surface area contributed by atoms with Crippen molar-refractivity contribution in [2.75, 3.05) is 11.5 Å².